The molecule has 1 aliphatic heterocycles. The molecule has 8 nitrogen and oxygen atoms in total. The molecule has 1 aromatic heterocycles. The van der Waals surface area contributed by atoms with Crippen molar-refractivity contribution in [2.75, 3.05) is 13.7 Å². The maximum absolute atomic E-state index is 12.3. The third-order valence-corrected chi connectivity index (χ3v) is 4.16. The molecular weight excluding hydrogens is 312 g/mol. The van der Waals surface area contributed by atoms with Gasteiger partial charge >= 0.3 is 6.03 Å². The average molecular weight is 328 g/mol. The molecule has 0 spiro atoms. The molecule has 1 aromatic carbocycles. The summed E-state index contributed by atoms with van der Waals surface area (Å²) in [5.74, 6) is 1.08. The molecule has 1 saturated carbocycles. The summed E-state index contributed by atoms with van der Waals surface area (Å²) >= 11 is 0. The minimum absolute atomic E-state index is 0.00213. The number of benzene rings is 1. The van der Waals surface area contributed by atoms with Gasteiger partial charge in [0.15, 0.2) is 0 Å². The topological polar surface area (TPSA) is 88.8 Å². The predicted octanol–water partition coefficient (Wildman–Crippen LogP) is 1.67. The van der Waals surface area contributed by atoms with E-state index in [1.165, 1.54) is 4.90 Å². The minimum atomic E-state index is -0.274. The van der Waals surface area contributed by atoms with Crippen LogP contribution in [0, 0.1) is 0 Å². The number of imide groups is 1. The molecule has 2 heterocycles. The molecule has 4 rings (SSSR count). The van der Waals surface area contributed by atoms with Crippen LogP contribution in [-0.2, 0) is 11.3 Å². The van der Waals surface area contributed by atoms with Crippen LogP contribution in [0.5, 0.6) is 5.75 Å². The lowest BCUT2D eigenvalue weighted by Gasteiger charge is -2.14. The Labute approximate surface area is 138 Å². The third kappa shape index (κ3) is 2.60. The molecule has 2 aliphatic rings. The monoisotopic (exact) mass is 328 g/mol. The number of hydrogen-bond donors (Lipinski definition) is 0. The quantitative estimate of drug-likeness (QED) is 0.776. The molecule has 0 unspecified atom stereocenters. The van der Waals surface area contributed by atoms with Crippen LogP contribution in [0.3, 0.4) is 0 Å². The fraction of sp³-hybridized carbons (Fsp3) is 0.375. The largest absolute Gasteiger partial charge is 0.497 e. The molecule has 0 bridgehead atoms. The first kappa shape index (κ1) is 14.7. The normalized spacial score (nSPS) is 17.7. The van der Waals surface area contributed by atoms with E-state index in [0.29, 0.717) is 11.6 Å². The van der Waals surface area contributed by atoms with Gasteiger partial charge in [-0.2, -0.15) is 4.98 Å². The summed E-state index contributed by atoms with van der Waals surface area (Å²) in [4.78, 5) is 31.4. The number of nitrogens with zero attached hydrogens (tertiary/aromatic N) is 4. The molecule has 0 N–H and O–H groups in total. The lowest BCUT2D eigenvalue weighted by molar-refractivity contribution is -0.126. The van der Waals surface area contributed by atoms with Gasteiger partial charge in [-0.3, -0.25) is 9.69 Å². The van der Waals surface area contributed by atoms with Gasteiger partial charge in [0.25, 0.3) is 5.91 Å². The summed E-state index contributed by atoms with van der Waals surface area (Å²) in [6.07, 6.45) is 1.93. The van der Waals surface area contributed by atoms with Crippen LogP contribution in [0.15, 0.2) is 28.8 Å². The van der Waals surface area contributed by atoms with Gasteiger partial charge in [0, 0.05) is 11.6 Å². The van der Waals surface area contributed by atoms with Crippen LogP contribution in [-0.4, -0.2) is 51.6 Å². The zero-order valence-electron chi connectivity index (χ0n) is 13.1. The van der Waals surface area contributed by atoms with Crippen molar-refractivity contribution in [2.45, 2.75) is 25.4 Å². The van der Waals surface area contributed by atoms with Gasteiger partial charge in [-0.15, -0.1) is 0 Å². The number of urea groups is 1. The van der Waals surface area contributed by atoms with Crippen molar-refractivity contribution in [3.63, 3.8) is 0 Å². The molecular formula is C16H16N4O4. The summed E-state index contributed by atoms with van der Waals surface area (Å²) < 4.78 is 10.4. The molecule has 124 valence electrons. The van der Waals surface area contributed by atoms with E-state index >= 15 is 0 Å². The van der Waals surface area contributed by atoms with Crippen molar-refractivity contribution in [1.29, 1.82) is 0 Å². The summed E-state index contributed by atoms with van der Waals surface area (Å²) in [6.45, 7) is 0.137. The fourth-order valence-corrected chi connectivity index (χ4v) is 2.72. The third-order valence-electron chi connectivity index (χ3n) is 4.16. The van der Waals surface area contributed by atoms with Crippen LogP contribution in [0.25, 0.3) is 11.4 Å². The summed E-state index contributed by atoms with van der Waals surface area (Å²) in [7, 11) is 1.58. The maximum atomic E-state index is 12.3. The Morgan fingerprint density at radius 3 is 2.92 bits per heavy atom. The first-order valence-electron chi connectivity index (χ1n) is 7.73. The highest BCUT2D eigenvalue weighted by molar-refractivity contribution is 6.02. The number of hydrogen-bond acceptors (Lipinski definition) is 6. The highest BCUT2D eigenvalue weighted by atomic mass is 16.5. The number of carbonyl (C=O) groups excluding carboxylic acids is 2. The Hall–Kier alpha value is -2.90. The molecule has 0 radical (unpaired) electrons. The first-order chi connectivity index (χ1) is 11.7. The van der Waals surface area contributed by atoms with Gasteiger partial charge in [-0.25, -0.2) is 4.79 Å². The summed E-state index contributed by atoms with van der Waals surface area (Å²) in [5, 5.41) is 3.92. The Kier molecular flexibility index (Phi) is 3.44. The molecule has 3 amide bonds. The fourth-order valence-electron chi connectivity index (χ4n) is 2.72. The van der Waals surface area contributed by atoms with E-state index in [0.717, 1.165) is 18.4 Å². The zero-order valence-corrected chi connectivity index (χ0v) is 13.1. The van der Waals surface area contributed by atoms with Crippen LogP contribution in [0.4, 0.5) is 4.79 Å². The standard InChI is InChI=1S/C16H16N4O4/c1-23-12-4-2-3-10(7-12)15-17-13(24-18-15)8-20-14(21)9-19(16(20)22)11-5-6-11/h2-4,7,11H,5-6,8-9H2,1H3. The number of ether oxygens (including phenoxy) is 1. The Bertz CT molecular complexity index is 799. The van der Waals surface area contributed by atoms with Crippen LogP contribution in [0.2, 0.25) is 0 Å². The van der Waals surface area contributed by atoms with Gasteiger partial charge in [0.2, 0.25) is 11.7 Å². The van der Waals surface area contributed by atoms with Gasteiger partial charge in [-0.05, 0) is 25.0 Å². The molecule has 24 heavy (non-hydrogen) atoms. The number of carbonyl (C=O) groups is 2. The second-order valence-corrected chi connectivity index (χ2v) is 5.87. The van der Waals surface area contributed by atoms with Crippen molar-refractivity contribution in [3.05, 3.63) is 30.2 Å². The van der Waals surface area contributed by atoms with Crippen molar-refractivity contribution >= 4 is 11.9 Å². The Morgan fingerprint density at radius 1 is 1.33 bits per heavy atom. The van der Waals surface area contributed by atoms with Crippen molar-refractivity contribution in [2.24, 2.45) is 0 Å². The SMILES string of the molecule is COc1cccc(-c2noc(CN3C(=O)CN(C4CC4)C3=O)n2)c1. The van der Waals surface area contributed by atoms with E-state index in [1.807, 2.05) is 18.2 Å². The van der Waals surface area contributed by atoms with Crippen LogP contribution in [0.1, 0.15) is 18.7 Å². The minimum Gasteiger partial charge on any atom is -0.497 e. The predicted molar refractivity (Wildman–Crippen MR) is 82.0 cm³/mol. The molecule has 8 heteroatoms. The Balaban J connectivity index is 1.51. The van der Waals surface area contributed by atoms with E-state index < -0.39 is 0 Å². The van der Waals surface area contributed by atoms with Gasteiger partial charge in [0.05, 0.1) is 7.11 Å². The maximum Gasteiger partial charge on any atom is 0.327 e. The zero-order chi connectivity index (χ0) is 16.7. The number of methoxy groups -OCH3 is 1. The molecule has 2 fully saturated rings. The lowest BCUT2D eigenvalue weighted by Crippen LogP contribution is -2.33. The number of rotatable bonds is 5. The van der Waals surface area contributed by atoms with Crippen LogP contribution < -0.4 is 4.74 Å². The highest BCUT2D eigenvalue weighted by Crippen LogP contribution is 2.31. The molecule has 1 saturated heterocycles. The van der Waals surface area contributed by atoms with E-state index in [1.54, 1.807) is 18.1 Å². The van der Waals surface area contributed by atoms with Gasteiger partial charge in [-0.1, -0.05) is 17.3 Å². The molecule has 1 aliphatic carbocycles. The number of amides is 3. The smallest absolute Gasteiger partial charge is 0.327 e. The second kappa shape index (κ2) is 5.63. The lowest BCUT2D eigenvalue weighted by atomic mass is 10.2. The first-order valence-corrected chi connectivity index (χ1v) is 7.73. The highest BCUT2D eigenvalue weighted by Gasteiger charge is 2.44. The van der Waals surface area contributed by atoms with Crippen molar-refractivity contribution < 1.29 is 18.8 Å². The van der Waals surface area contributed by atoms with E-state index in [9.17, 15) is 9.59 Å². The average Bonchev–Trinajstić information content (AvgIpc) is 3.27. The van der Waals surface area contributed by atoms with Crippen molar-refractivity contribution in [1.82, 2.24) is 19.9 Å². The molecule has 2 aromatic rings. The van der Waals surface area contributed by atoms with E-state index in [4.69, 9.17) is 9.26 Å². The summed E-state index contributed by atoms with van der Waals surface area (Å²) in [5.41, 5.74) is 0.739. The summed E-state index contributed by atoms with van der Waals surface area (Å²) in [6, 6.07) is 7.20. The van der Waals surface area contributed by atoms with Gasteiger partial charge < -0.3 is 14.2 Å². The van der Waals surface area contributed by atoms with E-state index in [2.05, 4.69) is 10.1 Å². The van der Waals surface area contributed by atoms with Crippen molar-refractivity contribution in [3.8, 4) is 17.1 Å². The van der Waals surface area contributed by atoms with Crippen LogP contribution >= 0.6 is 0 Å². The molecule has 0 atom stereocenters. The second-order valence-electron chi connectivity index (χ2n) is 5.87. The van der Waals surface area contributed by atoms with E-state index in [-0.39, 0.29) is 37.0 Å². The number of aromatic nitrogens is 2. The Morgan fingerprint density at radius 2 is 2.17 bits per heavy atom. The van der Waals surface area contributed by atoms with Gasteiger partial charge in [0.1, 0.15) is 18.8 Å².